The third kappa shape index (κ3) is 4.60. The maximum Gasteiger partial charge on any atom is 0.331 e. The van der Waals surface area contributed by atoms with Gasteiger partial charge in [0.2, 0.25) is 0 Å². The van der Waals surface area contributed by atoms with Gasteiger partial charge in [-0.05, 0) is 17.7 Å². The number of carbonyl (C=O) groups is 2. The maximum absolute atomic E-state index is 12.0. The maximum atomic E-state index is 12.0. The summed E-state index contributed by atoms with van der Waals surface area (Å²) in [5.41, 5.74) is 3.52. The van der Waals surface area contributed by atoms with Gasteiger partial charge in [0, 0.05) is 23.3 Å². The molecule has 0 aliphatic heterocycles. The molecule has 2 rings (SSSR count). The minimum absolute atomic E-state index is 0.193. The van der Waals surface area contributed by atoms with E-state index in [1.165, 1.54) is 18.0 Å². The van der Waals surface area contributed by atoms with Crippen LogP contribution in [0.3, 0.4) is 0 Å². The highest BCUT2D eigenvalue weighted by Gasteiger charge is 2.14. The lowest BCUT2D eigenvalue weighted by atomic mass is 10.2. The van der Waals surface area contributed by atoms with E-state index in [1.54, 1.807) is 13.0 Å². The van der Waals surface area contributed by atoms with Crippen molar-refractivity contribution in [3.63, 3.8) is 0 Å². The van der Waals surface area contributed by atoms with Crippen LogP contribution < -0.4 is 5.48 Å². The standard InChI is InChI=1S/C16H16N2O3S/c1-2-14(19)21-18-16(20)15-13(9-6-10-17-15)22-11-12-7-4-3-5-8-12/h3-10H,2,11H2,1H3,(H,18,20). The summed E-state index contributed by atoms with van der Waals surface area (Å²) >= 11 is 1.50. The molecule has 1 amide bonds. The number of benzene rings is 1. The van der Waals surface area contributed by atoms with Gasteiger partial charge in [-0.2, -0.15) is 5.48 Å². The number of aromatic nitrogens is 1. The van der Waals surface area contributed by atoms with E-state index >= 15 is 0 Å². The van der Waals surface area contributed by atoms with Crippen LogP contribution >= 0.6 is 11.8 Å². The number of nitrogens with one attached hydrogen (secondary N) is 1. The predicted molar refractivity (Wildman–Crippen MR) is 84.1 cm³/mol. The zero-order valence-electron chi connectivity index (χ0n) is 12.1. The summed E-state index contributed by atoms with van der Waals surface area (Å²) in [6.45, 7) is 1.65. The number of hydroxylamine groups is 1. The molecule has 0 aliphatic carbocycles. The number of pyridine rings is 1. The van der Waals surface area contributed by atoms with Crippen LogP contribution in [-0.2, 0) is 15.4 Å². The van der Waals surface area contributed by atoms with Gasteiger partial charge in [0.25, 0.3) is 0 Å². The van der Waals surface area contributed by atoms with Gasteiger partial charge in [-0.15, -0.1) is 11.8 Å². The van der Waals surface area contributed by atoms with Gasteiger partial charge in [0.05, 0.1) is 0 Å². The van der Waals surface area contributed by atoms with Crippen molar-refractivity contribution < 1.29 is 14.4 Å². The number of thioether (sulfide) groups is 1. The molecule has 2 aromatic rings. The Balaban J connectivity index is 2.03. The summed E-state index contributed by atoms with van der Waals surface area (Å²) in [5.74, 6) is -0.303. The Kier molecular flexibility index (Phi) is 5.97. The molecule has 1 aromatic carbocycles. The normalized spacial score (nSPS) is 10.0. The lowest BCUT2D eigenvalue weighted by Gasteiger charge is -2.08. The summed E-state index contributed by atoms with van der Waals surface area (Å²) in [5, 5.41) is 0. The molecule has 22 heavy (non-hydrogen) atoms. The Morgan fingerprint density at radius 1 is 1.18 bits per heavy atom. The Bertz CT molecular complexity index is 647. The van der Waals surface area contributed by atoms with Crippen molar-refractivity contribution >= 4 is 23.6 Å². The van der Waals surface area contributed by atoms with Crippen molar-refractivity contribution in [2.24, 2.45) is 0 Å². The fourth-order valence-electron chi connectivity index (χ4n) is 1.64. The number of hydrogen-bond donors (Lipinski definition) is 1. The summed E-state index contributed by atoms with van der Waals surface area (Å²) in [4.78, 5) is 32.6. The average molecular weight is 316 g/mol. The van der Waals surface area contributed by atoms with Crippen LogP contribution in [0.1, 0.15) is 29.4 Å². The van der Waals surface area contributed by atoms with Crippen LogP contribution in [0.15, 0.2) is 53.6 Å². The van der Waals surface area contributed by atoms with Gasteiger partial charge in [-0.3, -0.25) is 4.79 Å². The van der Waals surface area contributed by atoms with E-state index in [9.17, 15) is 9.59 Å². The van der Waals surface area contributed by atoms with E-state index in [2.05, 4.69) is 15.3 Å². The zero-order chi connectivity index (χ0) is 15.8. The molecular formula is C16H16N2O3S. The van der Waals surface area contributed by atoms with E-state index in [0.717, 1.165) is 16.2 Å². The van der Waals surface area contributed by atoms with Crippen LogP contribution in [0.5, 0.6) is 0 Å². The molecule has 1 aromatic heterocycles. The topological polar surface area (TPSA) is 68.3 Å². The molecule has 0 saturated carbocycles. The largest absolute Gasteiger partial charge is 0.340 e. The molecule has 0 bridgehead atoms. The van der Waals surface area contributed by atoms with E-state index in [1.807, 2.05) is 36.4 Å². The highest BCUT2D eigenvalue weighted by molar-refractivity contribution is 7.98. The van der Waals surface area contributed by atoms with Crippen LogP contribution in [0, 0.1) is 0 Å². The SMILES string of the molecule is CCC(=O)ONC(=O)c1ncccc1SCc1ccccc1. The van der Waals surface area contributed by atoms with Crippen molar-refractivity contribution in [3.8, 4) is 0 Å². The predicted octanol–water partition coefficient (Wildman–Crippen LogP) is 2.97. The van der Waals surface area contributed by atoms with Gasteiger partial charge in [-0.1, -0.05) is 37.3 Å². The minimum atomic E-state index is -0.530. The third-order valence-corrected chi connectivity index (χ3v) is 3.89. The fourth-order valence-corrected chi connectivity index (χ4v) is 2.61. The minimum Gasteiger partial charge on any atom is -0.340 e. The van der Waals surface area contributed by atoms with Crippen LogP contribution in [0.4, 0.5) is 0 Å². The van der Waals surface area contributed by atoms with Gasteiger partial charge in [0.15, 0.2) is 0 Å². The average Bonchev–Trinajstić information content (AvgIpc) is 2.58. The number of rotatable bonds is 5. The lowest BCUT2D eigenvalue weighted by Crippen LogP contribution is -2.27. The van der Waals surface area contributed by atoms with E-state index in [-0.39, 0.29) is 12.1 Å². The fraction of sp³-hybridized carbons (Fsp3) is 0.188. The second-order valence-corrected chi connectivity index (χ2v) is 5.40. The summed E-state index contributed by atoms with van der Waals surface area (Å²) in [6, 6.07) is 13.5. The molecule has 5 nitrogen and oxygen atoms in total. The van der Waals surface area contributed by atoms with E-state index < -0.39 is 11.9 Å². The highest BCUT2D eigenvalue weighted by Crippen LogP contribution is 2.25. The van der Waals surface area contributed by atoms with Gasteiger partial charge >= 0.3 is 11.9 Å². The van der Waals surface area contributed by atoms with E-state index in [0.29, 0.717) is 0 Å². The second-order valence-electron chi connectivity index (χ2n) is 4.38. The first-order chi connectivity index (χ1) is 10.7. The van der Waals surface area contributed by atoms with Crippen LogP contribution in [0.2, 0.25) is 0 Å². The van der Waals surface area contributed by atoms with Gasteiger partial charge in [-0.25, -0.2) is 9.78 Å². The molecule has 0 radical (unpaired) electrons. The van der Waals surface area contributed by atoms with Crippen molar-refractivity contribution in [1.29, 1.82) is 0 Å². The smallest absolute Gasteiger partial charge is 0.331 e. The zero-order valence-corrected chi connectivity index (χ0v) is 12.9. The molecule has 1 N–H and O–H groups in total. The van der Waals surface area contributed by atoms with Gasteiger partial charge < -0.3 is 4.84 Å². The number of nitrogens with zero attached hydrogens (tertiary/aromatic N) is 1. The third-order valence-electron chi connectivity index (χ3n) is 2.77. The summed E-state index contributed by atoms with van der Waals surface area (Å²) in [6.07, 6.45) is 1.72. The van der Waals surface area contributed by atoms with Crippen molar-refractivity contribution in [2.75, 3.05) is 0 Å². The first-order valence-electron chi connectivity index (χ1n) is 6.82. The molecule has 6 heteroatoms. The highest BCUT2D eigenvalue weighted by atomic mass is 32.2. The van der Waals surface area contributed by atoms with E-state index in [4.69, 9.17) is 0 Å². The summed E-state index contributed by atoms with van der Waals surface area (Å²) in [7, 11) is 0. The first-order valence-corrected chi connectivity index (χ1v) is 7.81. The number of carbonyl (C=O) groups excluding carboxylic acids is 2. The molecule has 0 atom stereocenters. The molecule has 1 heterocycles. The Morgan fingerprint density at radius 3 is 2.68 bits per heavy atom. The molecular weight excluding hydrogens is 300 g/mol. The molecule has 114 valence electrons. The van der Waals surface area contributed by atoms with Crippen LogP contribution in [-0.4, -0.2) is 16.9 Å². The Morgan fingerprint density at radius 2 is 1.95 bits per heavy atom. The van der Waals surface area contributed by atoms with Crippen molar-refractivity contribution in [2.45, 2.75) is 24.0 Å². The van der Waals surface area contributed by atoms with Crippen LogP contribution in [0.25, 0.3) is 0 Å². The molecule has 0 saturated heterocycles. The lowest BCUT2D eigenvalue weighted by molar-refractivity contribution is -0.148. The summed E-state index contributed by atoms with van der Waals surface area (Å²) < 4.78 is 0. The first kappa shape index (κ1) is 16.0. The van der Waals surface area contributed by atoms with Crippen molar-refractivity contribution in [1.82, 2.24) is 10.5 Å². The monoisotopic (exact) mass is 316 g/mol. The molecule has 0 aliphatic rings. The molecule has 0 fully saturated rings. The Hall–Kier alpha value is -2.34. The quantitative estimate of drug-likeness (QED) is 0.678. The number of amides is 1. The van der Waals surface area contributed by atoms with Crippen molar-refractivity contribution in [3.05, 3.63) is 59.9 Å². The molecule has 0 unspecified atom stereocenters. The Labute approximate surface area is 133 Å². The number of hydrogen-bond acceptors (Lipinski definition) is 5. The second kappa shape index (κ2) is 8.19. The molecule has 0 spiro atoms. The van der Waals surface area contributed by atoms with Gasteiger partial charge in [0.1, 0.15) is 5.69 Å².